The molecule has 0 radical (unpaired) electrons. The standard InChI is InChI=1S/C17H25NO/c1-14(2)6-5-7-15(3)12-13-18-16-8-10-17(19-4)11-9-16/h8-14H,5-7H2,1-4H3/b15-12+,18-13+. The average molecular weight is 259 g/mol. The molecular weight excluding hydrogens is 234 g/mol. The van der Waals surface area contributed by atoms with E-state index in [1.165, 1.54) is 18.4 Å². The molecule has 0 N–H and O–H groups in total. The van der Waals surface area contributed by atoms with E-state index in [1.54, 1.807) is 7.11 Å². The van der Waals surface area contributed by atoms with Crippen molar-refractivity contribution >= 4 is 11.9 Å². The van der Waals surface area contributed by atoms with E-state index in [1.807, 2.05) is 30.5 Å². The Morgan fingerprint density at radius 3 is 2.53 bits per heavy atom. The second-order valence-corrected chi connectivity index (χ2v) is 5.28. The first-order valence-corrected chi connectivity index (χ1v) is 6.95. The van der Waals surface area contributed by atoms with Crippen molar-refractivity contribution in [3.05, 3.63) is 35.9 Å². The SMILES string of the molecule is COc1ccc(/N=C/C=C(\C)CCCC(C)C)cc1. The van der Waals surface area contributed by atoms with E-state index < -0.39 is 0 Å². The number of hydrogen-bond acceptors (Lipinski definition) is 2. The van der Waals surface area contributed by atoms with Gasteiger partial charge < -0.3 is 4.74 Å². The summed E-state index contributed by atoms with van der Waals surface area (Å²) in [6, 6.07) is 7.76. The number of ether oxygens (including phenoxy) is 1. The number of rotatable bonds is 7. The minimum atomic E-state index is 0.792. The molecule has 0 aromatic heterocycles. The molecule has 0 bridgehead atoms. The van der Waals surface area contributed by atoms with Crippen LogP contribution in [0.25, 0.3) is 0 Å². The van der Waals surface area contributed by atoms with Crippen molar-refractivity contribution in [1.29, 1.82) is 0 Å². The Morgan fingerprint density at radius 1 is 1.26 bits per heavy atom. The van der Waals surface area contributed by atoms with Crippen molar-refractivity contribution in [2.45, 2.75) is 40.0 Å². The number of benzene rings is 1. The fourth-order valence-corrected chi connectivity index (χ4v) is 1.79. The highest BCUT2D eigenvalue weighted by Gasteiger charge is 1.94. The molecule has 0 atom stereocenters. The Balaban J connectivity index is 2.42. The molecule has 0 aliphatic heterocycles. The molecule has 0 heterocycles. The van der Waals surface area contributed by atoms with Gasteiger partial charge in [-0.2, -0.15) is 0 Å². The second-order valence-electron chi connectivity index (χ2n) is 5.28. The van der Waals surface area contributed by atoms with Crippen molar-refractivity contribution in [1.82, 2.24) is 0 Å². The van der Waals surface area contributed by atoms with E-state index in [0.29, 0.717) is 0 Å². The smallest absolute Gasteiger partial charge is 0.119 e. The summed E-state index contributed by atoms with van der Waals surface area (Å²) in [5, 5.41) is 0. The Bertz CT molecular complexity index is 415. The molecule has 1 rings (SSSR count). The lowest BCUT2D eigenvalue weighted by Gasteiger charge is -2.03. The van der Waals surface area contributed by atoms with Crippen LogP contribution in [0, 0.1) is 5.92 Å². The van der Waals surface area contributed by atoms with Crippen LogP contribution in [0.1, 0.15) is 40.0 Å². The zero-order chi connectivity index (χ0) is 14.1. The van der Waals surface area contributed by atoms with Crippen LogP contribution in [0.5, 0.6) is 5.75 Å². The van der Waals surface area contributed by atoms with E-state index in [4.69, 9.17) is 4.74 Å². The van der Waals surface area contributed by atoms with Crippen LogP contribution in [0.15, 0.2) is 40.9 Å². The lowest BCUT2D eigenvalue weighted by molar-refractivity contribution is 0.415. The highest BCUT2D eigenvalue weighted by atomic mass is 16.5. The Kier molecular flexibility index (Phi) is 6.94. The zero-order valence-corrected chi connectivity index (χ0v) is 12.5. The third-order valence-electron chi connectivity index (χ3n) is 3.01. The summed E-state index contributed by atoms with van der Waals surface area (Å²) in [6.07, 6.45) is 7.70. The number of aliphatic imine (C=N–C) groups is 1. The Morgan fingerprint density at radius 2 is 1.95 bits per heavy atom. The fraction of sp³-hybridized carbons (Fsp3) is 0.471. The number of hydrogen-bond donors (Lipinski definition) is 0. The minimum absolute atomic E-state index is 0.792. The first-order valence-electron chi connectivity index (χ1n) is 6.95. The predicted octanol–water partition coefficient (Wildman–Crippen LogP) is 5.17. The molecule has 2 nitrogen and oxygen atoms in total. The van der Waals surface area contributed by atoms with Gasteiger partial charge in [0.2, 0.25) is 0 Å². The molecular formula is C17H25NO. The molecule has 0 fully saturated rings. The first kappa shape index (κ1) is 15.5. The molecule has 0 unspecified atom stereocenters. The van der Waals surface area contributed by atoms with Crippen molar-refractivity contribution in [2.75, 3.05) is 7.11 Å². The Labute approximate surface area is 117 Å². The molecule has 0 amide bonds. The largest absolute Gasteiger partial charge is 0.497 e. The molecule has 0 spiro atoms. The summed E-state index contributed by atoms with van der Waals surface area (Å²) in [7, 11) is 1.67. The average Bonchev–Trinajstić information content (AvgIpc) is 2.39. The maximum Gasteiger partial charge on any atom is 0.119 e. The topological polar surface area (TPSA) is 21.6 Å². The van der Waals surface area contributed by atoms with Crippen molar-refractivity contribution in [2.24, 2.45) is 10.9 Å². The molecule has 1 aromatic carbocycles. The van der Waals surface area contributed by atoms with Crippen LogP contribution in [0.2, 0.25) is 0 Å². The van der Waals surface area contributed by atoms with Gasteiger partial charge in [-0.05, 0) is 56.0 Å². The van der Waals surface area contributed by atoms with E-state index in [2.05, 4.69) is 31.8 Å². The highest BCUT2D eigenvalue weighted by molar-refractivity contribution is 5.75. The number of methoxy groups -OCH3 is 1. The summed E-state index contributed by atoms with van der Waals surface area (Å²) >= 11 is 0. The van der Waals surface area contributed by atoms with E-state index in [-0.39, 0.29) is 0 Å². The minimum Gasteiger partial charge on any atom is -0.497 e. The second kappa shape index (κ2) is 8.52. The van der Waals surface area contributed by atoms with Gasteiger partial charge in [-0.1, -0.05) is 25.8 Å². The van der Waals surface area contributed by atoms with Crippen molar-refractivity contribution in [3.8, 4) is 5.75 Å². The predicted molar refractivity (Wildman–Crippen MR) is 83.6 cm³/mol. The molecule has 1 aromatic rings. The monoisotopic (exact) mass is 259 g/mol. The van der Waals surface area contributed by atoms with Crippen LogP contribution >= 0.6 is 0 Å². The lowest BCUT2D eigenvalue weighted by atomic mass is 10.0. The highest BCUT2D eigenvalue weighted by Crippen LogP contribution is 2.17. The van der Waals surface area contributed by atoms with Crippen molar-refractivity contribution < 1.29 is 4.74 Å². The van der Waals surface area contributed by atoms with Gasteiger partial charge in [-0.15, -0.1) is 0 Å². The van der Waals surface area contributed by atoms with Crippen LogP contribution < -0.4 is 4.74 Å². The zero-order valence-electron chi connectivity index (χ0n) is 12.5. The molecule has 104 valence electrons. The maximum absolute atomic E-state index is 5.11. The van der Waals surface area contributed by atoms with E-state index in [9.17, 15) is 0 Å². The van der Waals surface area contributed by atoms with Crippen LogP contribution in [0.3, 0.4) is 0 Å². The van der Waals surface area contributed by atoms with Gasteiger partial charge in [-0.3, -0.25) is 4.99 Å². The van der Waals surface area contributed by atoms with Gasteiger partial charge in [0.15, 0.2) is 0 Å². The van der Waals surface area contributed by atoms with Crippen LogP contribution in [-0.2, 0) is 0 Å². The van der Waals surface area contributed by atoms with Gasteiger partial charge >= 0.3 is 0 Å². The fourth-order valence-electron chi connectivity index (χ4n) is 1.79. The maximum atomic E-state index is 5.11. The first-order chi connectivity index (χ1) is 9.11. The van der Waals surface area contributed by atoms with Gasteiger partial charge in [0.25, 0.3) is 0 Å². The molecule has 2 heteroatoms. The summed E-state index contributed by atoms with van der Waals surface area (Å²) in [5.74, 6) is 1.65. The van der Waals surface area contributed by atoms with Crippen LogP contribution in [-0.4, -0.2) is 13.3 Å². The van der Waals surface area contributed by atoms with Crippen LogP contribution in [0.4, 0.5) is 5.69 Å². The van der Waals surface area contributed by atoms with E-state index >= 15 is 0 Å². The normalized spacial score (nSPS) is 12.4. The van der Waals surface area contributed by atoms with E-state index in [0.717, 1.165) is 23.8 Å². The third-order valence-corrected chi connectivity index (χ3v) is 3.01. The summed E-state index contributed by atoms with van der Waals surface area (Å²) in [6.45, 7) is 6.70. The molecule has 0 aliphatic carbocycles. The molecule has 0 aliphatic rings. The molecule has 19 heavy (non-hydrogen) atoms. The number of nitrogens with zero attached hydrogens (tertiary/aromatic N) is 1. The lowest BCUT2D eigenvalue weighted by Crippen LogP contribution is -1.87. The van der Waals surface area contributed by atoms with Gasteiger partial charge in [0.1, 0.15) is 5.75 Å². The third kappa shape index (κ3) is 6.80. The quantitative estimate of drug-likeness (QED) is 0.619. The summed E-state index contributed by atoms with van der Waals surface area (Å²) < 4.78 is 5.11. The Hall–Kier alpha value is -1.57. The molecule has 0 saturated carbocycles. The van der Waals surface area contributed by atoms with Crippen molar-refractivity contribution in [3.63, 3.8) is 0 Å². The summed E-state index contributed by atoms with van der Waals surface area (Å²) in [4.78, 5) is 4.41. The molecule has 0 saturated heterocycles. The van der Waals surface area contributed by atoms with Gasteiger partial charge in [0.05, 0.1) is 12.8 Å². The number of allylic oxidation sites excluding steroid dienone is 2. The summed E-state index contributed by atoms with van der Waals surface area (Å²) in [5.41, 5.74) is 2.34. The van der Waals surface area contributed by atoms with Gasteiger partial charge in [-0.25, -0.2) is 0 Å². The van der Waals surface area contributed by atoms with Gasteiger partial charge in [0, 0.05) is 6.21 Å².